The second-order valence-electron chi connectivity index (χ2n) is 5.86. The van der Waals surface area contributed by atoms with Gasteiger partial charge in [-0.3, -0.25) is 9.78 Å². The number of amides is 1. The van der Waals surface area contributed by atoms with E-state index in [2.05, 4.69) is 23.7 Å². The maximum absolute atomic E-state index is 12.1. The van der Waals surface area contributed by atoms with Gasteiger partial charge in [0.05, 0.1) is 18.5 Å². The summed E-state index contributed by atoms with van der Waals surface area (Å²) in [5.41, 5.74) is 1.94. The van der Waals surface area contributed by atoms with E-state index in [9.17, 15) is 4.79 Å². The van der Waals surface area contributed by atoms with E-state index in [1.165, 1.54) is 0 Å². The van der Waals surface area contributed by atoms with Crippen LogP contribution in [-0.2, 0) is 4.79 Å². The van der Waals surface area contributed by atoms with Crippen molar-refractivity contribution in [1.29, 1.82) is 0 Å². The lowest BCUT2D eigenvalue weighted by molar-refractivity contribution is -0.126. The van der Waals surface area contributed by atoms with E-state index in [4.69, 9.17) is 4.74 Å². The average molecular weight is 303 g/mol. The number of pyridine rings is 1. The van der Waals surface area contributed by atoms with Gasteiger partial charge >= 0.3 is 0 Å². The van der Waals surface area contributed by atoms with Crippen LogP contribution in [0.25, 0.3) is 0 Å². The fraction of sp³-hybridized carbons (Fsp3) is 0.529. The van der Waals surface area contributed by atoms with E-state index in [-0.39, 0.29) is 5.91 Å². The summed E-state index contributed by atoms with van der Waals surface area (Å²) in [4.78, 5) is 20.5. The highest BCUT2D eigenvalue weighted by molar-refractivity contribution is 5.87. The van der Waals surface area contributed by atoms with E-state index >= 15 is 0 Å². The van der Waals surface area contributed by atoms with E-state index in [0.717, 1.165) is 43.3 Å². The molecule has 0 spiro atoms. The van der Waals surface area contributed by atoms with Gasteiger partial charge < -0.3 is 14.5 Å². The summed E-state index contributed by atoms with van der Waals surface area (Å²) >= 11 is 0. The lowest BCUT2D eigenvalue weighted by Crippen LogP contribution is -2.48. The molecule has 1 saturated heterocycles. The van der Waals surface area contributed by atoms with Crippen LogP contribution in [0.4, 0.5) is 5.69 Å². The molecule has 0 radical (unpaired) electrons. The molecule has 0 unspecified atom stereocenters. The Labute approximate surface area is 132 Å². The van der Waals surface area contributed by atoms with Crippen LogP contribution in [0.5, 0.6) is 5.75 Å². The molecule has 0 bridgehead atoms. The molecule has 2 rings (SSSR count). The van der Waals surface area contributed by atoms with Crippen molar-refractivity contribution in [2.75, 3.05) is 38.2 Å². The molecule has 1 amide bonds. The minimum absolute atomic E-state index is 0.103. The van der Waals surface area contributed by atoms with Gasteiger partial charge in [0, 0.05) is 32.4 Å². The SMILES string of the molecule is COc1c(N2CCN(C(=O)C=CC(C)C)CC2)ccnc1C. The average Bonchev–Trinajstić information content (AvgIpc) is 2.52. The zero-order valence-corrected chi connectivity index (χ0v) is 13.9. The Hall–Kier alpha value is -2.04. The summed E-state index contributed by atoms with van der Waals surface area (Å²) in [6, 6.07) is 1.97. The number of rotatable bonds is 4. The quantitative estimate of drug-likeness (QED) is 0.801. The first kappa shape index (κ1) is 16.3. The van der Waals surface area contributed by atoms with E-state index in [1.807, 2.05) is 24.0 Å². The van der Waals surface area contributed by atoms with E-state index in [1.54, 1.807) is 19.4 Å². The maximum atomic E-state index is 12.1. The van der Waals surface area contributed by atoms with Crippen molar-refractivity contribution in [3.63, 3.8) is 0 Å². The summed E-state index contributed by atoms with van der Waals surface area (Å²) in [5.74, 6) is 1.32. The number of carbonyl (C=O) groups excluding carboxylic acids is 1. The number of hydrogen-bond acceptors (Lipinski definition) is 4. The first-order valence-corrected chi connectivity index (χ1v) is 7.74. The standard InChI is InChI=1S/C17H25N3O2/c1-13(2)5-6-16(21)20-11-9-19(10-12-20)15-7-8-18-14(3)17(15)22-4/h5-8,13H,9-12H2,1-4H3. The summed E-state index contributed by atoms with van der Waals surface area (Å²) in [6.07, 6.45) is 5.44. The number of nitrogens with zero attached hydrogens (tertiary/aromatic N) is 3. The summed E-state index contributed by atoms with van der Waals surface area (Å²) in [6.45, 7) is 9.15. The predicted molar refractivity (Wildman–Crippen MR) is 88.3 cm³/mol. The molecule has 0 saturated carbocycles. The highest BCUT2D eigenvalue weighted by atomic mass is 16.5. The van der Waals surface area contributed by atoms with Crippen molar-refractivity contribution in [2.24, 2.45) is 5.92 Å². The Kier molecular flexibility index (Phi) is 5.41. The van der Waals surface area contributed by atoms with Crippen molar-refractivity contribution in [2.45, 2.75) is 20.8 Å². The zero-order valence-electron chi connectivity index (χ0n) is 13.9. The Morgan fingerprint density at radius 1 is 1.32 bits per heavy atom. The van der Waals surface area contributed by atoms with Gasteiger partial charge in [0.25, 0.3) is 0 Å². The maximum Gasteiger partial charge on any atom is 0.246 e. The van der Waals surface area contributed by atoms with Crippen molar-refractivity contribution in [1.82, 2.24) is 9.88 Å². The first-order chi connectivity index (χ1) is 10.5. The van der Waals surface area contributed by atoms with Crippen LogP contribution < -0.4 is 9.64 Å². The van der Waals surface area contributed by atoms with Crippen molar-refractivity contribution in [3.05, 3.63) is 30.1 Å². The van der Waals surface area contributed by atoms with Gasteiger partial charge in [-0.2, -0.15) is 0 Å². The molecule has 5 heteroatoms. The Balaban J connectivity index is 2.01. The molecule has 0 aliphatic carbocycles. The number of piperazine rings is 1. The number of hydrogen-bond donors (Lipinski definition) is 0. The monoisotopic (exact) mass is 303 g/mol. The smallest absolute Gasteiger partial charge is 0.246 e. The molecular weight excluding hydrogens is 278 g/mol. The topological polar surface area (TPSA) is 45.7 Å². The molecule has 0 atom stereocenters. The van der Waals surface area contributed by atoms with Crippen LogP contribution in [0.1, 0.15) is 19.5 Å². The summed E-state index contributed by atoms with van der Waals surface area (Å²) in [7, 11) is 1.67. The largest absolute Gasteiger partial charge is 0.493 e. The minimum atomic E-state index is 0.103. The lowest BCUT2D eigenvalue weighted by Gasteiger charge is -2.36. The first-order valence-electron chi connectivity index (χ1n) is 7.74. The van der Waals surface area contributed by atoms with Crippen LogP contribution >= 0.6 is 0 Å². The molecular formula is C17H25N3O2. The van der Waals surface area contributed by atoms with E-state index < -0.39 is 0 Å². The number of aromatic nitrogens is 1. The molecule has 1 aromatic heterocycles. The second kappa shape index (κ2) is 7.29. The Morgan fingerprint density at radius 2 is 2.00 bits per heavy atom. The number of ether oxygens (including phenoxy) is 1. The van der Waals surface area contributed by atoms with Gasteiger partial charge in [-0.1, -0.05) is 19.9 Å². The number of anilines is 1. The van der Waals surface area contributed by atoms with Crippen LogP contribution in [0.2, 0.25) is 0 Å². The lowest BCUT2D eigenvalue weighted by atomic mass is 10.2. The third-order valence-electron chi connectivity index (χ3n) is 3.82. The third kappa shape index (κ3) is 3.78. The Morgan fingerprint density at radius 3 is 2.59 bits per heavy atom. The fourth-order valence-electron chi connectivity index (χ4n) is 2.59. The molecule has 1 aliphatic rings. The molecule has 2 heterocycles. The van der Waals surface area contributed by atoms with Gasteiger partial charge in [0.2, 0.25) is 5.91 Å². The fourth-order valence-corrected chi connectivity index (χ4v) is 2.59. The van der Waals surface area contributed by atoms with Gasteiger partial charge in [-0.05, 0) is 25.0 Å². The second-order valence-corrected chi connectivity index (χ2v) is 5.86. The van der Waals surface area contributed by atoms with Crippen LogP contribution in [0.3, 0.4) is 0 Å². The molecule has 0 N–H and O–H groups in total. The van der Waals surface area contributed by atoms with Crippen LogP contribution in [0.15, 0.2) is 24.4 Å². The molecule has 1 fully saturated rings. The number of aryl methyl sites for hydroxylation is 1. The van der Waals surface area contributed by atoms with Gasteiger partial charge in [-0.15, -0.1) is 0 Å². The minimum Gasteiger partial charge on any atom is -0.493 e. The molecule has 5 nitrogen and oxygen atoms in total. The van der Waals surface area contributed by atoms with Crippen LogP contribution in [0, 0.1) is 12.8 Å². The third-order valence-corrected chi connectivity index (χ3v) is 3.82. The number of carbonyl (C=O) groups is 1. The Bertz CT molecular complexity index is 547. The van der Waals surface area contributed by atoms with Crippen molar-refractivity contribution >= 4 is 11.6 Å². The van der Waals surface area contributed by atoms with Crippen LogP contribution in [-0.4, -0.2) is 49.1 Å². The predicted octanol–water partition coefficient (Wildman–Crippen LogP) is 2.26. The number of allylic oxidation sites excluding steroid dienone is 1. The molecule has 22 heavy (non-hydrogen) atoms. The number of methoxy groups -OCH3 is 1. The van der Waals surface area contributed by atoms with E-state index in [0.29, 0.717) is 5.92 Å². The van der Waals surface area contributed by atoms with Gasteiger partial charge in [0.1, 0.15) is 0 Å². The molecule has 1 aliphatic heterocycles. The summed E-state index contributed by atoms with van der Waals surface area (Å²) in [5, 5.41) is 0. The molecule has 1 aromatic rings. The van der Waals surface area contributed by atoms with Crippen molar-refractivity contribution in [3.8, 4) is 5.75 Å². The zero-order chi connectivity index (χ0) is 16.1. The van der Waals surface area contributed by atoms with Gasteiger partial charge in [0.15, 0.2) is 5.75 Å². The molecule has 120 valence electrons. The highest BCUT2D eigenvalue weighted by Gasteiger charge is 2.22. The molecule has 0 aromatic carbocycles. The summed E-state index contributed by atoms with van der Waals surface area (Å²) < 4.78 is 5.47. The highest BCUT2D eigenvalue weighted by Crippen LogP contribution is 2.30. The van der Waals surface area contributed by atoms with Gasteiger partial charge in [-0.25, -0.2) is 0 Å². The normalized spacial score (nSPS) is 15.7. The van der Waals surface area contributed by atoms with Crippen molar-refractivity contribution < 1.29 is 9.53 Å².